The number of carbonyl (C=O) groups is 1. The second-order valence-electron chi connectivity index (χ2n) is 6.89. The number of piperazine rings is 1. The van der Waals surface area contributed by atoms with Crippen molar-refractivity contribution in [2.45, 2.75) is 18.7 Å². The van der Waals surface area contributed by atoms with E-state index in [1.54, 1.807) is 35.4 Å². The van der Waals surface area contributed by atoms with Gasteiger partial charge in [0.2, 0.25) is 10.0 Å². The van der Waals surface area contributed by atoms with Crippen LogP contribution in [-0.4, -0.2) is 54.7 Å². The second kappa shape index (κ2) is 7.27. The lowest BCUT2D eigenvalue weighted by molar-refractivity contribution is 0.0703. The molecule has 0 saturated carbocycles. The summed E-state index contributed by atoms with van der Waals surface area (Å²) in [6.07, 6.45) is 1.67. The van der Waals surface area contributed by atoms with Gasteiger partial charge in [0.25, 0.3) is 5.91 Å². The number of thiophene rings is 1. The quantitative estimate of drug-likeness (QED) is 0.659. The van der Waals surface area contributed by atoms with Gasteiger partial charge in [-0.1, -0.05) is 6.07 Å². The van der Waals surface area contributed by atoms with Crippen molar-refractivity contribution in [2.24, 2.45) is 0 Å². The zero-order chi connectivity index (χ0) is 19.9. The summed E-state index contributed by atoms with van der Waals surface area (Å²) < 4.78 is 28.0. The summed E-state index contributed by atoms with van der Waals surface area (Å²) in [5.41, 5.74) is 1.64. The number of rotatable bonds is 3. The molecule has 8 heteroatoms. The number of hydrogen-bond donors (Lipinski definition) is 0. The second-order valence-corrected chi connectivity index (χ2v) is 10.1. The topological polar surface area (TPSA) is 70.6 Å². The summed E-state index contributed by atoms with van der Waals surface area (Å²) in [4.78, 5) is 20.7. The van der Waals surface area contributed by atoms with Crippen LogP contribution >= 0.6 is 11.3 Å². The molecule has 0 radical (unpaired) electrons. The van der Waals surface area contributed by atoms with Crippen molar-refractivity contribution < 1.29 is 13.2 Å². The maximum absolute atomic E-state index is 13.3. The largest absolute Gasteiger partial charge is 0.335 e. The highest BCUT2D eigenvalue weighted by Gasteiger charge is 2.32. The summed E-state index contributed by atoms with van der Waals surface area (Å²) in [6.45, 7) is 5.23. The Kier molecular flexibility index (Phi) is 4.95. The number of aryl methyl sites for hydroxylation is 2. The molecule has 146 valence electrons. The predicted octanol–water partition coefficient (Wildman–Crippen LogP) is 3.06. The van der Waals surface area contributed by atoms with E-state index in [4.69, 9.17) is 0 Å². The third-order valence-corrected chi connectivity index (χ3v) is 7.97. The van der Waals surface area contributed by atoms with E-state index in [0.29, 0.717) is 28.9 Å². The van der Waals surface area contributed by atoms with E-state index >= 15 is 0 Å². The SMILES string of the molecule is Cc1ccc(C(=O)N2CCN(S(=O)(=O)c3ccc(C)c4ncccc34)CC2)s1. The molecule has 3 aromatic rings. The van der Waals surface area contributed by atoms with Gasteiger partial charge in [-0.2, -0.15) is 4.31 Å². The molecule has 0 aliphatic carbocycles. The molecule has 1 amide bonds. The first-order valence-electron chi connectivity index (χ1n) is 9.08. The fourth-order valence-corrected chi connectivity index (χ4v) is 5.93. The first-order chi connectivity index (χ1) is 13.4. The first-order valence-corrected chi connectivity index (χ1v) is 11.3. The van der Waals surface area contributed by atoms with Crippen LogP contribution in [0, 0.1) is 13.8 Å². The minimum absolute atomic E-state index is 0.0277. The molecule has 1 aliphatic rings. The van der Waals surface area contributed by atoms with Crippen molar-refractivity contribution in [1.29, 1.82) is 0 Å². The summed E-state index contributed by atoms with van der Waals surface area (Å²) in [6, 6.07) is 10.7. The van der Waals surface area contributed by atoms with Gasteiger partial charge in [-0.15, -0.1) is 11.3 Å². The third-order valence-electron chi connectivity index (χ3n) is 5.03. The summed E-state index contributed by atoms with van der Waals surface area (Å²) in [5, 5.41) is 0.634. The number of hydrogen-bond acceptors (Lipinski definition) is 5. The number of aromatic nitrogens is 1. The molecule has 0 bridgehead atoms. The normalized spacial score (nSPS) is 15.9. The van der Waals surface area contributed by atoms with Gasteiger partial charge in [-0.3, -0.25) is 9.78 Å². The minimum Gasteiger partial charge on any atom is -0.335 e. The highest BCUT2D eigenvalue weighted by atomic mass is 32.2. The molecule has 3 heterocycles. The van der Waals surface area contributed by atoms with Gasteiger partial charge < -0.3 is 4.90 Å². The number of nitrogens with zero attached hydrogens (tertiary/aromatic N) is 3. The molecule has 0 unspecified atom stereocenters. The fourth-order valence-electron chi connectivity index (χ4n) is 3.49. The van der Waals surface area contributed by atoms with Crippen LogP contribution in [0.3, 0.4) is 0 Å². The smallest absolute Gasteiger partial charge is 0.264 e. The van der Waals surface area contributed by atoms with Crippen LogP contribution < -0.4 is 0 Å². The van der Waals surface area contributed by atoms with Crippen LogP contribution in [0.4, 0.5) is 0 Å². The summed E-state index contributed by atoms with van der Waals surface area (Å²) >= 11 is 1.47. The lowest BCUT2D eigenvalue weighted by atomic mass is 10.1. The van der Waals surface area contributed by atoms with Crippen LogP contribution in [0.2, 0.25) is 0 Å². The monoisotopic (exact) mass is 415 g/mol. The number of amides is 1. The van der Waals surface area contributed by atoms with Crippen molar-refractivity contribution in [2.75, 3.05) is 26.2 Å². The Morgan fingerprint density at radius 3 is 2.46 bits per heavy atom. The molecular weight excluding hydrogens is 394 g/mol. The lowest BCUT2D eigenvalue weighted by Gasteiger charge is -2.34. The molecule has 0 atom stereocenters. The summed E-state index contributed by atoms with van der Waals surface area (Å²) in [5.74, 6) is -0.0277. The van der Waals surface area contributed by atoms with Gasteiger partial charge in [-0.25, -0.2) is 8.42 Å². The molecular formula is C20H21N3O3S2. The zero-order valence-corrected chi connectivity index (χ0v) is 17.4. The molecule has 2 aromatic heterocycles. The Bertz CT molecular complexity index is 1150. The molecule has 28 heavy (non-hydrogen) atoms. The number of fused-ring (bicyclic) bond motifs is 1. The lowest BCUT2D eigenvalue weighted by Crippen LogP contribution is -2.50. The zero-order valence-electron chi connectivity index (χ0n) is 15.8. The van der Waals surface area contributed by atoms with E-state index < -0.39 is 10.0 Å². The van der Waals surface area contributed by atoms with Gasteiger partial charge >= 0.3 is 0 Å². The molecule has 6 nitrogen and oxygen atoms in total. The number of benzene rings is 1. The Balaban J connectivity index is 1.56. The first kappa shape index (κ1) is 19.0. The molecule has 4 rings (SSSR count). The Morgan fingerprint density at radius 2 is 1.79 bits per heavy atom. The Labute approximate surface area is 168 Å². The van der Waals surface area contributed by atoms with Gasteiger partial charge in [0.1, 0.15) is 0 Å². The molecule has 0 N–H and O–H groups in total. The molecule has 1 fully saturated rings. The summed E-state index contributed by atoms with van der Waals surface area (Å²) in [7, 11) is -3.66. The van der Waals surface area contributed by atoms with Crippen molar-refractivity contribution in [3.63, 3.8) is 0 Å². The number of sulfonamides is 1. The standard InChI is InChI=1S/C20H21N3O3S2/c1-14-5-8-18(16-4-3-9-21-19(14)16)28(25,26)23-12-10-22(11-13-23)20(24)17-7-6-15(2)27-17/h3-9H,10-13H2,1-2H3. The molecule has 1 aromatic carbocycles. The van der Waals surface area contributed by atoms with E-state index in [-0.39, 0.29) is 23.9 Å². The fraction of sp³-hybridized carbons (Fsp3) is 0.300. The van der Waals surface area contributed by atoms with Crippen molar-refractivity contribution >= 4 is 38.2 Å². The number of carbonyl (C=O) groups excluding carboxylic acids is 1. The van der Waals surface area contributed by atoms with Gasteiger partial charge in [0.05, 0.1) is 15.3 Å². The minimum atomic E-state index is -3.66. The molecule has 1 saturated heterocycles. The highest BCUT2D eigenvalue weighted by molar-refractivity contribution is 7.89. The van der Waals surface area contributed by atoms with Crippen LogP contribution in [0.1, 0.15) is 20.1 Å². The van der Waals surface area contributed by atoms with E-state index in [1.165, 1.54) is 15.6 Å². The average Bonchev–Trinajstić information content (AvgIpc) is 3.14. The van der Waals surface area contributed by atoms with E-state index in [2.05, 4.69) is 4.98 Å². The highest BCUT2D eigenvalue weighted by Crippen LogP contribution is 2.28. The van der Waals surface area contributed by atoms with Crippen LogP contribution in [0.15, 0.2) is 47.5 Å². The maximum Gasteiger partial charge on any atom is 0.264 e. The van der Waals surface area contributed by atoms with E-state index in [1.807, 2.05) is 26.0 Å². The van der Waals surface area contributed by atoms with Crippen LogP contribution in [-0.2, 0) is 10.0 Å². The molecule has 0 spiro atoms. The van der Waals surface area contributed by atoms with Crippen molar-refractivity contribution in [3.8, 4) is 0 Å². The van der Waals surface area contributed by atoms with E-state index in [0.717, 1.165) is 10.4 Å². The number of pyridine rings is 1. The van der Waals surface area contributed by atoms with Crippen LogP contribution in [0.5, 0.6) is 0 Å². The van der Waals surface area contributed by atoms with E-state index in [9.17, 15) is 13.2 Å². The van der Waals surface area contributed by atoms with Gasteiger partial charge in [0.15, 0.2) is 0 Å². The van der Waals surface area contributed by atoms with Crippen molar-refractivity contribution in [1.82, 2.24) is 14.2 Å². The van der Waals surface area contributed by atoms with Crippen LogP contribution in [0.25, 0.3) is 10.9 Å². The predicted molar refractivity (Wildman–Crippen MR) is 110 cm³/mol. The Hall–Kier alpha value is -2.29. The average molecular weight is 416 g/mol. The maximum atomic E-state index is 13.3. The van der Waals surface area contributed by atoms with Gasteiger partial charge in [0, 0.05) is 42.6 Å². The third kappa shape index (κ3) is 3.32. The van der Waals surface area contributed by atoms with Crippen molar-refractivity contribution in [3.05, 3.63) is 57.9 Å². The Morgan fingerprint density at radius 1 is 1.04 bits per heavy atom. The van der Waals surface area contributed by atoms with Gasteiger partial charge in [-0.05, 0) is 49.7 Å². The molecule has 1 aliphatic heterocycles.